The van der Waals surface area contributed by atoms with Crippen molar-refractivity contribution in [1.29, 1.82) is 0 Å². The van der Waals surface area contributed by atoms with Crippen LogP contribution in [-0.2, 0) is 13.0 Å². The highest BCUT2D eigenvalue weighted by molar-refractivity contribution is 5.85. The number of rotatable bonds is 3. The first kappa shape index (κ1) is 10.8. The number of hydrogen-bond acceptors (Lipinski definition) is 4. The maximum absolute atomic E-state index is 10.7. The van der Waals surface area contributed by atoms with Crippen LogP contribution < -0.4 is 4.90 Å². The Morgan fingerprint density at radius 3 is 3.06 bits per heavy atom. The molecule has 0 unspecified atom stereocenters. The molecule has 1 aromatic heterocycles. The van der Waals surface area contributed by atoms with Crippen LogP contribution in [0, 0.1) is 0 Å². The van der Waals surface area contributed by atoms with E-state index in [0.29, 0.717) is 12.3 Å². The normalized spacial score (nSPS) is 13.7. The highest BCUT2D eigenvalue weighted by atomic mass is 16.5. The number of fused-ring (bicyclic) bond motifs is 1. The molecular formula is C13H12N2O3. The standard InChI is InChI=1S/C13H12N2O3/c16-13(17)11-7-10(18-14-11)8-15-6-5-9-3-1-2-4-12(9)15/h1-4,7H,5-6,8H2,(H,16,17). The minimum absolute atomic E-state index is 0.0440. The number of aromatic nitrogens is 1. The van der Waals surface area contributed by atoms with Gasteiger partial charge in [-0.1, -0.05) is 23.4 Å². The maximum Gasteiger partial charge on any atom is 0.358 e. The Balaban J connectivity index is 1.80. The van der Waals surface area contributed by atoms with E-state index in [4.69, 9.17) is 9.63 Å². The predicted octanol–water partition coefficient (Wildman–Crippen LogP) is 1.94. The number of aromatic carboxylic acids is 1. The second kappa shape index (κ2) is 4.18. The Labute approximate surface area is 104 Å². The summed E-state index contributed by atoms with van der Waals surface area (Å²) in [5.74, 6) is -0.490. The number of hydrogen-bond donors (Lipinski definition) is 1. The van der Waals surface area contributed by atoms with E-state index < -0.39 is 5.97 Å². The summed E-state index contributed by atoms with van der Waals surface area (Å²) in [6.45, 7) is 1.47. The lowest BCUT2D eigenvalue weighted by atomic mass is 10.2. The zero-order chi connectivity index (χ0) is 12.5. The molecule has 1 aliphatic heterocycles. The molecule has 3 rings (SSSR count). The second-order valence-electron chi connectivity index (χ2n) is 4.28. The van der Waals surface area contributed by atoms with Crippen molar-refractivity contribution in [3.8, 4) is 0 Å². The first-order valence-corrected chi connectivity index (χ1v) is 5.76. The lowest BCUT2D eigenvalue weighted by Gasteiger charge is -2.16. The summed E-state index contributed by atoms with van der Waals surface area (Å²) >= 11 is 0. The molecular weight excluding hydrogens is 232 g/mol. The van der Waals surface area contributed by atoms with Crippen LogP contribution in [0.4, 0.5) is 5.69 Å². The third-order valence-corrected chi connectivity index (χ3v) is 3.11. The number of nitrogens with zero attached hydrogens (tertiary/aromatic N) is 2. The molecule has 2 aromatic rings. The van der Waals surface area contributed by atoms with Crippen molar-refractivity contribution in [1.82, 2.24) is 5.16 Å². The van der Waals surface area contributed by atoms with Crippen LogP contribution in [0.2, 0.25) is 0 Å². The van der Waals surface area contributed by atoms with Crippen LogP contribution in [0.3, 0.4) is 0 Å². The van der Waals surface area contributed by atoms with E-state index in [-0.39, 0.29) is 5.69 Å². The van der Waals surface area contributed by atoms with Crippen LogP contribution in [0.5, 0.6) is 0 Å². The van der Waals surface area contributed by atoms with E-state index >= 15 is 0 Å². The molecule has 0 fully saturated rings. The first-order valence-electron chi connectivity index (χ1n) is 5.76. The smallest absolute Gasteiger partial charge is 0.358 e. The molecule has 92 valence electrons. The van der Waals surface area contributed by atoms with Crippen LogP contribution >= 0.6 is 0 Å². The summed E-state index contributed by atoms with van der Waals surface area (Å²) in [6.07, 6.45) is 1.01. The molecule has 18 heavy (non-hydrogen) atoms. The van der Waals surface area contributed by atoms with Crippen molar-refractivity contribution in [3.63, 3.8) is 0 Å². The van der Waals surface area contributed by atoms with Gasteiger partial charge in [0.15, 0.2) is 11.5 Å². The number of carbonyl (C=O) groups is 1. The SMILES string of the molecule is O=C(O)c1cc(CN2CCc3ccccc32)on1. The highest BCUT2D eigenvalue weighted by Crippen LogP contribution is 2.28. The molecule has 0 atom stereocenters. The minimum Gasteiger partial charge on any atom is -0.476 e. The van der Waals surface area contributed by atoms with Crippen molar-refractivity contribution in [2.24, 2.45) is 0 Å². The van der Waals surface area contributed by atoms with E-state index in [1.165, 1.54) is 17.3 Å². The highest BCUT2D eigenvalue weighted by Gasteiger charge is 2.20. The molecule has 0 saturated heterocycles. The average Bonchev–Trinajstić information content (AvgIpc) is 2.98. The summed E-state index contributed by atoms with van der Waals surface area (Å²) in [4.78, 5) is 12.9. The van der Waals surface area contributed by atoms with Crippen molar-refractivity contribution >= 4 is 11.7 Å². The first-order chi connectivity index (χ1) is 8.74. The number of carboxylic acid groups (broad SMARTS) is 1. The maximum atomic E-state index is 10.7. The summed E-state index contributed by atoms with van der Waals surface area (Å²) < 4.78 is 5.03. The number of benzene rings is 1. The van der Waals surface area contributed by atoms with E-state index in [1.807, 2.05) is 12.1 Å². The topological polar surface area (TPSA) is 66.6 Å². The Morgan fingerprint density at radius 1 is 1.44 bits per heavy atom. The van der Waals surface area contributed by atoms with Crippen LogP contribution in [0.25, 0.3) is 0 Å². The molecule has 1 N–H and O–H groups in total. The lowest BCUT2D eigenvalue weighted by molar-refractivity contribution is 0.0685. The summed E-state index contributed by atoms with van der Waals surface area (Å²) in [6, 6.07) is 9.68. The molecule has 1 aromatic carbocycles. The van der Waals surface area contributed by atoms with Gasteiger partial charge in [0.25, 0.3) is 0 Å². The molecule has 1 aliphatic rings. The van der Waals surface area contributed by atoms with Gasteiger partial charge in [0.2, 0.25) is 0 Å². The largest absolute Gasteiger partial charge is 0.476 e. The van der Waals surface area contributed by atoms with Gasteiger partial charge in [0.1, 0.15) is 0 Å². The monoisotopic (exact) mass is 244 g/mol. The fraction of sp³-hybridized carbons (Fsp3) is 0.231. The molecule has 0 radical (unpaired) electrons. The van der Waals surface area contributed by atoms with Gasteiger partial charge in [0, 0.05) is 18.3 Å². The van der Waals surface area contributed by atoms with Crippen LogP contribution in [0.15, 0.2) is 34.9 Å². The molecule has 0 bridgehead atoms. The fourth-order valence-electron chi connectivity index (χ4n) is 2.25. The van der Waals surface area contributed by atoms with E-state index in [0.717, 1.165) is 13.0 Å². The molecule has 0 saturated carbocycles. The van der Waals surface area contributed by atoms with Crippen LogP contribution in [0.1, 0.15) is 21.8 Å². The zero-order valence-corrected chi connectivity index (χ0v) is 9.67. The van der Waals surface area contributed by atoms with Gasteiger partial charge in [-0.25, -0.2) is 4.79 Å². The van der Waals surface area contributed by atoms with Gasteiger partial charge in [-0.05, 0) is 18.1 Å². The number of carboxylic acids is 1. The van der Waals surface area contributed by atoms with E-state index in [1.54, 1.807) is 0 Å². The van der Waals surface area contributed by atoms with Crippen molar-refractivity contribution in [2.45, 2.75) is 13.0 Å². The van der Waals surface area contributed by atoms with Gasteiger partial charge in [0.05, 0.1) is 6.54 Å². The second-order valence-corrected chi connectivity index (χ2v) is 4.28. The Kier molecular flexibility index (Phi) is 2.51. The summed E-state index contributed by atoms with van der Waals surface area (Å²) in [7, 11) is 0. The van der Waals surface area contributed by atoms with Crippen molar-refractivity contribution in [2.75, 3.05) is 11.4 Å². The molecule has 5 heteroatoms. The van der Waals surface area contributed by atoms with Gasteiger partial charge in [-0.2, -0.15) is 0 Å². The minimum atomic E-state index is -1.06. The van der Waals surface area contributed by atoms with Gasteiger partial charge in [-0.15, -0.1) is 0 Å². The summed E-state index contributed by atoms with van der Waals surface area (Å²) in [5, 5.41) is 12.3. The van der Waals surface area contributed by atoms with E-state index in [2.05, 4.69) is 22.2 Å². The average molecular weight is 244 g/mol. The summed E-state index contributed by atoms with van der Waals surface area (Å²) in [5.41, 5.74) is 2.46. The molecule has 0 aliphatic carbocycles. The zero-order valence-electron chi connectivity index (χ0n) is 9.67. The van der Waals surface area contributed by atoms with Crippen molar-refractivity contribution in [3.05, 3.63) is 47.3 Å². The quantitative estimate of drug-likeness (QED) is 0.893. The fourth-order valence-corrected chi connectivity index (χ4v) is 2.25. The third-order valence-electron chi connectivity index (χ3n) is 3.11. The Hall–Kier alpha value is -2.30. The lowest BCUT2D eigenvalue weighted by Crippen LogP contribution is -2.19. The molecule has 0 spiro atoms. The molecule has 2 heterocycles. The Morgan fingerprint density at radius 2 is 2.28 bits per heavy atom. The van der Waals surface area contributed by atoms with E-state index in [9.17, 15) is 4.79 Å². The van der Waals surface area contributed by atoms with Crippen molar-refractivity contribution < 1.29 is 14.4 Å². The third kappa shape index (κ3) is 1.84. The predicted molar refractivity (Wildman–Crippen MR) is 64.7 cm³/mol. The molecule has 5 nitrogen and oxygen atoms in total. The Bertz CT molecular complexity index is 591. The number of anilines is 1. The van der Waals surface area contributed by atoms with Gasteiger partial charge in [-0.3, -0.25) is 0 Å². The number of para-hydroxylation sites is 1. The van der Waals surface area contributed by atoms with Crippen LogP contribution in [-0.4, -0.2) is 22.8 Å². The molecule has 0 amide bonds. The van der Waals surface area contributed by atoms with Gasteiger partial charge < -0.3 is 14.5 Å². The van der Waals surface area contributed by atoms with Gasteiger partial charge >= 0.3 is 5.97 Å².